The summed E-state index contributed by atoms with van der Waals surface area (Å²) in [5.74, 6) is 0.595. The molecule has 1 unspecified atom stereocenters. The topological polar surface area (TPSA) is 20.2 Å². The molecule has 0 aromatic heterocycles. The average Bonchev–Trinajstić information content (AvgIpc) is 2.28. The lowest BCUT2D eigenvalue weighted by molar-refractivity contribution is -0.0490. The monoisotopic (exact) mass is 212 g/mol. The van der Waals surface area contributed by atoms with Gasteiger partial charge in [-0.25, -0.2) is 0 Å². The number of hydrogen-bond donors (Lipinski definition) is 1. The molecule has 0 aromatic carbocycles. The van der Waals surface area contributed by atoms with Crippen molar-refractivity contribution < 1.29 is 5.11 Å². The summed E-state index contributed by atoms with van der Waals surface area (Å²) in [4.78, 5) is 0. The van der Waals surface area contributed by atoms with Gasteiger partial charge in [-0.1, -0.05) is 52.4 Å². The number of rotatable bonds is 6. The van der Waals surface area contributed by atoms with Gasteiger partial charge < -0.3 is 5.11 Å². The molecule has 1 fully saturated rings. The molecule has 1 heteroatoms. The molecular weight excluding hydrogens is 184 g/mol. The van der Waals surface area contributed by atoms with E-state index in [0.29, 0.717) is 5.92 Å². The van der Waals surface area contributed by atoms with Gasteiger partial charge in [-0.15, -0.1) is 0 Å². The zero-order chi connectivity index (χ0) is 11.1. The van der Waals surface area contributed by atoms with Crippen LogP contribution in [-0.2, 0) is 0 Å². The lowest BCUT2D eigenvalue weighted by atomic mass is 9.72. The predicted molar refractivity (Wildman–Crippen MR) is 66.0 cm³/mol. The Labute approximate surface area is 95.3 Å². The highest BCUT2D eigenvalue weighted by molar-refractivity contribution is 4.87. The van der Waals surface area contributed by atoms with Crippen LogP contribution in [0.5, 0.6) is 0 Å². The fraction of sp³-hybridized carbons (Fsp3) is 1.00. The Hall–Kier alpha value is -0.0400. The molecule has 1 N–H and O–H groups in total. The van der Waals surface area contributed by atoms with Crippen molar-refractivity contribution in [2.24, 2.45) is 5.92 Å². The molecular formula is C14H28O. The Bertz CT molecular complexity index is 161. The molecule has 0 aromatic rings. The Morgan fingerprint density at radius 1 is 1.00 bits per heavy atom. The van der Waals surface area contributed by atoms with Gasteiger partial charge in [-0.3, -0.25) is 0 Å². The molecule has 0 radical (unpaired) electrons. The smallest absolute Gasteiger partial charge is 0.0675 e. The maximum atomic E-state index is 10.8. The predicted octanol–water partition coefficient (Wildman–Crippen LogP) is 4.29. The highest BCUT2D eigenvalue weighted by atomic mass is 16.3. The maximum Gasteiger partial charge on any atom is 0.0675 e. The fourth-order valence-corrected chi connectivity index (χ4v) is 3.09. The first-order chi connectivity index (χ1) is 7.23. The lowest BCUT2D eigenvalue weighted by Crippen LogP contribution is -2.39. The van der Waals surface area contributed by atoms with E-state index in [-0.39, 0.29) is 5.60 Å². The third-order valence-corrected chi connectivity index (χ3v) is 4.01. The van der Waals surface area contributed by atoms with Crippen LogP contribution >= 0.6 is 0 Å². The van der Waals surface area contributed by atoms with E-state index in [1.165, 1.54) is 44.9 Å². The lowest BCUT2D eigenvalue weighted by Gasteiger charge is -2.38. The summed E-state index contributed by atoms with van der Waals surface area (Å²) in [5, 5.41) is 10.8. The minimum atomic E-state index is -0.328. The van der Waals surface area contributed by atoms with Crippen LogP contribution < -0.4 is 0 Å². The summed E-state index contributed by atoms with van der Waals surface area (Å²) < 4.78 is 0. The van der Waals surface area contributed by atoms with Gasteiger partial charge in [0.15, 0.2) is 0 Å². The first-order valence-corrected chi connectivity index (χ1v) is 6.95. The summed E-state index contributed by atoms with van der Waals surface area (Å²) >= 11 is 0. The van der Waals surface area contributed by atoms with Crippen molar-refractivity contribution in [2.75, 3.05) is 0 Å². The van der Waals surface area contributed by atoms with Crippen LogP contribution in [-0.4, -0.2) is 10.7 Å². The van der Waals surface area contributed by atoms with Crippen molar-refractivity contribution in [3.05, 3.63) is 0 Å². The van der Waals surface area contributed by atoms with Crippen molar-refractivity contribution in [2.45, 2.75) is 83.7 Å². The number of hydrogen-bond acceptors (Lipinski definition) is 1. The maximum absolute atomic E-state index is 10.8. The third-order valence-electron chi connectivity index (χ3n) is 4.01. The quantitative estimate of drug-likeness (QED) is 0.696. The van der Waals surface area contributed by atoms with Gasteiger partial charge in [0, 0.05) is 0 Å². The summed E-state index contributed by atoms with van der Waals surface area (Å²) in [6.45, 7) is 4.41. The Balaban J connectivity index is 2.52. The van der Waals surface area contributed by atoms with Gasteiger partial charge in [0.05, 0.1) is 5.60 Å². The van der Waals surface area contributed by atoms with E-state index in [2.05, 4.69) is 13.8 Å². The Morgan fingerprint density at radius 3 is 2.20 bits per heavy atom. The van der Waals surface area contributed by atoms with E-state index in [1.807, 2.05) is 0 Å². The van der Waals surface area contributed by atoms with Gasteiger partial charge in [0.25, 0.3) is 0 Å². The molecule has 0 spiro atoms. The minimum absolute atomic E-state index is 0.328. The normalized spacial score (nSPS) is 22.6. The zero-order valence-electron chi connectivity index (χ0n) is 10.6. The van der Waals surface area contributed by atoms with Gasteiger partial charge in [0.2, 0.25) is 0 Å². The first kappa shape index (κ1) is 13.0. The van der Waals surface area contributed by atoms with Crippen LogP contribution in [0, 0.1) is 5.92 Å². The molecule has 1 rings (SSSR count). The molecule has 1 aliphatic rings. The largest absolute Gasteiger partial charge is 0.390 e. The number of unbranched alkanes of at least 4 members (excludes halogenated alkanes) is 1. The first-order valence-electron chi connectivity index (χ1n) is 6.95. The highest BCUT2D eigenvalue weighted by Gasteiger charge is 2.35. The van der Waals surface area contributed by atoms with Crippen molar-refractivity contribution in [3.63, 3.8) is 0 Å². The molecule has 0 bridgehead atoms. The summed E-state index contributed by atoms with van der Waals surface area (Å²) in [6.07, 6.45) is 12.1. The van der Waals surface area contributed by atoms with Crippen LogP contribution in [0.25, 0.3) is 0 Å². The van der Waals surface area contributed by atoms with E-state index in [1.54, 1.807) is 0 Å². The molecule has 0 heterocycles. The standard InChI is InChI=1S/C14H28O/c1-3-5-12-14(15,11-4-2)13-9-7-6-8-10-13/h13,15H,3-12H2,1-2H3. The van der Waals surface area contributed by atoms with E-state index in [9.17, 15) is 5.11 Å². The summed E-state index contributed by atoms with van der Waals surface area (Å²) in [5.41, 5.74) is -0.328. The average molecular weight is 212 g/mol. The number of aliphatic hydroxyl groups is 1. The van der Waals surface area contributed by atoms with Gasteiger partial charge in [0.1, 0.15) is 0 Å². The molecule has 1 saturated carbocycles. The minimum Gasteiger partial charge on any atom is -0.390 e. The van der Waals surface area contributed by atoms with Crippen molar-refractivity contribution in [3.8, 4) is 0 Å². The van der Waals surface area contributed by atoms with E-state index >= 15 is 0 Å². The van der Waals surface area contributed by atoms with E-state index < -0.39 is 0 Å². The molecule has 0 saturated heterocycles. The van der Waals surface area contributed by atoms with E-state index in [4.69, 9.17) is 0 Å². The molecule has 15 heavy (non-hydrogen) atoms. The Morgan fingerprint density at radius 2 is 1.67 bits per heavy atom. The third kappa shape index (κ3) is 3.79. The Kier molecular flexibility index (Phi) is 5.66. The molecule has 1 atom stereocenters. The summed E-state index contributed by atoms with van der Waals surface area (Å²) in [7, 11) is 0. The second kappa shape index (κ2) is 6.52. The van der Waals surface area contributed by atoms with Gasteiger partial charge in [-0.05, 0) is 31.6 Å². The summed E-state index contributed by atoms with van der Waals surface area (Å²) in [6, 6.07) is 0. The fourth-order valence-electron chi connectivity index (χ4n) is 3.09. The SMILES string of the molecule is CCCCC(O)(CCC)C1CCCCC1. The van der Waals surface area contributed by atoms with E-state index in [0.717, 1.165) is 19.3 Å². The van der Waals surface area contributed by atoms with Crippen molar-refractivity contribution >= 4 is 0 Å². The van der Waals surface area contributed by atoms with Gasteiger partial charge in [-0.2, -0.15) is 0 Å². The highest BCUT2D eigenvalue weighted by Crippen LogP contribution is 2.38. The van der Waals surface area contributed by atoms with Crippen molar-refractivity contribution in [1.82, 2.24) is 0 Å². The van der Waals surface area contributed by atoms with Gasteiger partial charge >= 0.3 is 0 Å². The van der Waals surface area contributed by atoms with Crippen LogP contribution in [0.4, 0.5) is 0 Å². The molecule has 0 aliphatic heterocycles. The molecule has 0 amide bonds. The zero-order valence-corrected chi connectivity index (χ0v) is 10.6. The molecule has 1 nitrogen and oxygen atoms in total. The van der Waals surface area contributed by atoms with Crippen LogP contribution in [0.15, 0.2) is 0 Å². The van der Waals surface area contributed by atoms with Crippen LogP contribution in [0.2, 0.25) is 0 Å². The molecule has 1 aliphatic carbocycles. The second-order valence-electron chi connectivity index (χ2n) is 5.29. The second-order valence-corrected chi connectivity index (χ2v) is 5.29. The van der Waals surface area contributed by atoms with Crippen LogP contribution in [0.1, 0.15) is 78.1 Å². The van der Waals surface area contributed by atoms with Crippen LogP contribution in [0.3, 0.4) is 0 Å². The molecule has 90 valence electrons. The van der Waals surface area contributed by atoms with Crippen molar-refractivity contribution in [1.29, 1.82) is 0 Å².